The van der Waals surface area contributed by atoms with Gasteiger partial charge < -0.3 is 10.6 Å². The van der Waals surface area contributed by atoms with E-state index in [1.165, 1.54) is 5.39 Å². The van der Waals surface area contributed by atoms with Gasteiger partial charge in [0.05, 0.1) is 0 Å². The fraction of sp³-hybridized carbons (Fsp3) is 0. The molecule has 0 spiro atoms. The Morgan fingerprint density at radius 3 is 2.48 bits per heavy atom. The molecule has 0 atom stereocenters. The average molecular weight is 357 g/mol. The van der Waals surface area contributed by atoms with E-state index >= 15 is 0 Å². The first-order valence-electron chi connectivity index (χ1n) is 6.54. The van der Waals surface area contributed by atoms with E-state index in [-0.39, 0.29) is 0 Å². The first-order valence-corrected chi connectivity index (χ1v) is 7.74. The normalized spacial score (nSPS) is 10.3. The van der Waals surface area contributed by atoms with E-state index in [0.717, 1.165) is 21.2 Å². The van der Waals surface area contributed by atoms with E-state index in [0.29, 0.717) is 5.11 Å². The summed E-state index contributed by atoms with van der Waals surface area (Å²) in [5.74, 6) is 0. The summed E-state index contributed by atoms with van der Waals surface area (Å²) in [6.45, 7) is 0. The van der Waals surface area contributed by atoms with Crippen LogP contribution in [0.2, 0.25) is 0 Å². The zero-order valence-electron chi connectivity index (χ0n) is 11.1. The molecule has 0 aromatic heterocycles. The van der Waals surface area contributed by atoms with E-state index in [4.69, 9.17) is 12.2 Å². The van der Waals surface area contributed by atoms with E-state index < -0.39 is 0 Å². The monoisotopic (exact) mass is 356 g/mol. The largest absolute Gasteiger partial charge is 0.332 e. The molecule has 3 aromatic rings. The van der Waals surface area contributed by atoms with E-state index in [1.807, 2.05) is 48.5 Å². The minimum Gasteiger partial charge on any atom is -0.332 e. The standard InChI is InChI=1S/C17H13BrN2S/c18-13-7-4-8-14(11-13)19-17(21)20-16-10-3-6-12-5-1-2-9-15(12)16/h1-11H,(H2,19,20,21). The molecule has 104 valence electrons. The fourth-order valence-electron chi connectivity index (χ4n) is 2.19. The van der Waals surface area contributed by atoms with Crippen molar-refractivity contribution in [3.05, 3.63) is 71.2 Å². The SMILES string of the molecule is S=C(Nc1cccc(Br)c1)Nc1cccc2ccccc12. The van der Waals surface area contributed by atoms with E-state index in [1.54, 1.807) is 0 Å². The van der Waals surface area contributed by atoms with Crippen LogP contribution in [0.4, 0.5) is 11.4 Å². The van der Waals surface area contributed by atoms with Crippen molar-refractivity contribution < 1.29 is 0 Å². The molecule has 0 radical (unpaired) electrons. The molecule has 3 aromatic carbocycles. The van der Waals surface area contributed by atoms with Crippen molar-refractivity contribution in [2.24, 2.45) is 0 Å². The quantitative estimate of drug-likeness (QED) is 0.600. The predicted octanol–water partition coefficient (Wildman–Crippen LogP) is 5.41. The van der Waals surface area contributed by atoms with Gasteiger partial charge in [0.25, 0.3) is 0 Å². The fourth-order valence-corrected chi connectivity index (χ4v) is 2.81. The molecule has 21 heavy (non-hydrogen) atoms. The molecular weight excluding hydrogens is 344 g/mol. The van der Waals surface area contributed by atoms with Gasteiger partial charge in [-0.25, -0.2) is 0 Å². The van der Waals surface area contributed by atoms with Gasteiger partial charge in [-0.1, -0.05) is 58.4 Å². The van der Waals surface area contributed by atoms with Crippen LogP contribution in [0, 0.1) is 0 Å². The van der Waals surface area contributed by atoms with Crippen LogP contribution in [0.1, 0.15) is 0 Å². The summed E-state index contributed by atoms with van der Waals surface area (Å²) < 4.78 is 1.01. The first kappa shape index (κ1) is 14.0. The number of hydrogen-bond acceptors (Lipinski definition) is 1. The summed E-state index contributed by atoms with van der Waals surface area (Å²) in [5.41, 5.74) is 1.95. The maximum atomic E-state index is 5.39. The second-order valence-electron chi connectivity index (χ2n) is 4.62. The molecule has 3 rings (SSSR count). The Labute approximate surface area is 137 Å². The molecule has 0 heterocycles. The Hall–Kier alpha value is -1.91. The molecular formula is C17H13BrN2S. The van der Waals surface area contributed by atoms with Crippen molar-refractivity contribution in [3.63, 3.8) is 0 Å². The number of thiocarbonyl (C=S) groups is 1. The van der Waals surface area contributed by atoms with E-state index in [2.05, 4.69) is 44.8 Å². The van der Waals surface area contributed by atoms with E-state index in [9.17, 15) is 0 Å². The lowest BCUT2D eigenvalue weighted by molar-refractivity contribution is 1.59. The number of anilines is 2. The van der Waals surface area contributed by atoms with Crippen molar-refractivity contribution in [2.75, 3.05) is 10.6 Å². The molecule has 4 heteroatoms. The third-order valence-electron chi connectivity index (χ3n) is 3.12. The molecule has 0 fully saturated rings. The number of fused-ring (bicyclic) bond motifs is 1. The minimum atomic E-state index is 0.574. The number of benzene rings is 3. The van der Waals surface area contributed by atoms with Crippen LogP contribution in [-0.4, -0.2) is 5.11 Å². The summed E-state index contributed by atoms with van der Waals surface area (Å²) in [4.78, 5) is 0. The highest BCUT2D eigenvalue weighted by Gasteiger charge is 2.03. The van der Waals surface area contributed by atoms with Gasteiger partial charge in [0.2, 0.25) is 0 Å². The highest BCUT2D eigenvalue weighted by Crippen LogP contribution is 2.23. The molecule has 0 bridgehead atoms. The Morgan fingerprint density at radius 1 is 0.857 bits per heavy atom. The summed E-state index contributed by atoms with van der Waals surface area (Å²) in [6, 6.07) is 22.3. The molecule has 0 saturated carbocycles. The Balaban J connectivity index is 1.80. The third-order valence-corrected chi connectivity index (χ3v) is 3.82. The smallest absolute Gasteiger partial charge is 0.175 e. The lowest BCUT2D eigenvalue weighted by atomic mass is 10.1. The van der Waals surface area contributed by atoms with Crippen LogP contribution in [0.5, 0.6) is 0 Å². The van der Waals surface area contributed by atoms with Gasteiger partial charge in [0, 0.05) is 21.2 Å². The van der Waals surface area contributed by atoms with Crippen molar-refractivity contribution >= 4 is 55.4 Å². The maximum absolute atomic E-state index is 5.39. The topological polar surface area (TPSA) is 24.1 Å². The zero-order chi connectivity index (χ0) is 14.7. The summed E-state index contributed by atoms with van der Waals surface area (Å²) in [5, 5.41) is 9.36. The average Bonchev–Trinajstić information content (AvgIpc) is 2.47. The van der Waals surface area contributed by atoms with Gasteiger partial charge in [0.15, 0.2) is 5.11 Å². The first-order chi connectivity index (χ1) is 10.2. The van der Waals surface area contributed by atoms with Crippen LogP contribution in [0.3, 0.4) is 0 Å². The molecule has 2 N–H and O–H groups in total. The molecule has 0 aliphatic carbocycles. The molecule has 0 amide bonds. The number of nitrogens with one attached hydrogen (secondary N) is 2. The Kier molecular flexibility index (Phi) is 4.18. The second-order valence-corrected chi connectivity index (χ2v) is 5.94. The lowest BCUT2D eigenvalue weighted by Crippen LogP contribution is -2.19. The minimum absolute atomic E-state index is 0.574. The second kappa shape index (κ2) is 6.24. The molecule has 0 saturated heterocycles. The highest BCUT2D eigenvalue weighted by molar-refractivity contribution is 9.10. The zero-order valence-corrected chi connectivity index (χ0v) is 13.5. The van der Waals surface area contributed by atoms with Crippen molar-refractivity contribution in [1.82, 2.24) is 0 Å². The van der Waals surface area contributed by atoms with Gasteiger partial charge in [-0.05, 0) is 41.9 Å². The molecule has 2 nitrogen and oxygen atoms in total. The van der Waals surface area contributed by atoms with Gasteiger partial charge in [-0.2, -0.15) is 0 Å². The summed E-state index contributed by atoms with van der Waals surface area (Å²) in [6.07, 6.45) is 0. The van der Waals surface area contributed by atoms with Gasteiger partial charge in [-0.15, -0.1) is 0 Å². The number of halogens is 1. The number of hydrogen-bond donors (Lipinski definition) is 2. The van der Waals surface area contributed by atoms with Crippen LogP contribution < -0.4 is 10.6 Å². The Morgan fingerprint density at radius 2 is 1.62 bits per heavy atom. The van der Waals surface area contributed by atoms with Crippen LogP contribution in [0.25, 0.3) is 10.8 Å². The summed E-state index contributed by atoms with van der Waals surface area (Å²) in [7, 11) is 0. The van der Waals surface area contributed by atoms with Gasteiger partial charge in [0.1, 0.15) is 0 Å². The van der Waals surface area contributed by atoms with Gasteiger partial charge >= 0.3 is 0 Å². The van der Waals surface area contributed by atoms with Crippen LogP contribution in [-0.2, 0) is 0 Å². The lowest BCUT2D eigenvalue weighted by Gasteiger charge is -2.12. The summed E-state index contributed by atoms with van der Waals surface area (Å²) >= 11 is 8.83. The van der Waals surface area contributed by atoms with Crippen molar-refractivity contribution in [3.8, 4) is 0 Å². The Bertz CT molecular complexity index is 796. The van der Waals surface area contributed by atoms with Gasteiger partial charge in [-0.3, -0.25) is 0 Å². The highest BCUT2D eigenvalue weighted by atomic mass is 79.9. The van der Waals surface area contributed by atoms with Crippen LogP contribution in [0.15, 0.2) is 71.2 Å². The van der Waals surface area contributed by atoms with Crippen LogP contribution >= 0.6 is 28.1 Å². The molecule has 0 unspecified atom stereocenters. The van der Waals surface area contributed by atoms with Crippen molar-refractivity contribution in [2.45, 2.75) is 0 Å². The molecule has 0 aliphatic heterocycles. The molecule has 0 aliphatic rings. The third kappa shape index (κ3) is 3.40. The predicted molar refractivity (Wildman–Crippen MR) is 97.9 cm³/mol. The maximum Gasteiger partial charge on any atom is 0.175 e. The number of rotatable bonds is 2. The van der Waals surface area contributed by atoms with Crippen molar-refractivity contribution in [1.29, 1.82) is 0 Å².